The number of nitrogens with zero attached hydrogens (tertiary/aromatic N) is 12. The molecule has 0 saturated carbocycles. The summed E-state index contributed by atoms with van der Waals surface area (Å²) in [4.78, 5) is 53.6. The fourth-order valence-electron chi connectivity index (χ4n) is 17.5. The Labute approximate surface area is 676 Å². The first kappa shape index (κ1) is 78.9. The molecule has 2 N–H and O–H groups in total. The molecule has 8 aliphatic heterocycles. The fraction of sp³-hybridized carbons (Fsp3) is 0.405. The van der Waals surface area contributed by atoms with Crippen molar-refractivity contribution in [2.75, 3.05) is 63.4 Å². The van der Waals surface area contributed by atoms with Crippen LogP contribution in [0.1, 0.15) is 77.7 Å². The molecule has 0 spiro atoms. The van der Waals surface area contributed by atoms with Gasteiger partial charge in [0.1, 0.15) is 76.5 Å². The van der Waals surface area contributed by atoms with Crippen LogP contribution in [-0.2, 0) is 46.6 Å². The number of benzene rings is 6. The maximum atomic E-state index is 13.0. The number of carbonyl (C=O) groups excluding carboxylic acids is 2. The first-order valence-corrected chi connectivity index (χ1v) is 47.5. The van der Waals surface area contributed by atoms with Gasteiger partial charge in [0.05, 0.1) is 63.1 Å². The Morgan fingerprint density at radius 3 is 1.23 bits per heavy atom. The third kappa shape index (κ3) is 15.7. The van der Waals surface area contributed by atoms with Crippen molar-refractivity contribution < 1.29 is 65.6 Å². The second-order valence-corrected chi connectivity index (χ2v) is 41.9. The highest BCUT2D eigenvalue weighted by Gasteiger charge is 2.66. The minimum absolute atomic E-state index is 0.000402. The fourth-order valence-corrected chi connectivity index (χ4v) is 29.5. The Balaban J connectivity index is 0.000000167. The second kappa shape index (κ2) is 34.6. The van der Waals surface area contributed by atoms with Gasteiger partial charge in [0.25, 0.3) is 28.9 Å². The van der Waals surface area contributed by atoms with Gasteiger partial charge in [0.15, 0.2) is 48.0 Å². The molecule has 8 saturated heterocycles. The quantitative estimate of drug-likeness (QED) is 0.0240. The van der Waals surface area contributed by atoms with Crippen molar-refractivity contribution in [1.82, 2.24) is 48.4 Å². The molecule has 12 heterocycles. The number of para-hydroxylation sites is 2. The molecule has 8 aliphatic rings. The van der Waals surface area contributed by atoms with Gasteiger partial charge in [-0.15, -0.1) is 0 Å². The van der Waals surface area contributed by atoms with Crippen molar-refractivity contribution in [3.8, 4) is 35.4 Å². The van der Waals surface area contributed by atoms with Gasteiger partial charge < -0.3 is 56.0 Å². The number of imidazole rings is 2. The topological polar surface area (TPSA) is 310 Å². The van der Waals surface area contributed by atoms with Gasteiger partial charge in [-0.2, -0.15) is 30.5 Å². The van der Waals surface area contributed by atoms with Gasteiger partial charge in [-0.05, 0) is 74.9 Å². The van der Waals surface area contributed by atoms with Gasteiger partial charge >= 0.3 is 0 Å². The van der Waals surface area contributed by atoms with Crippen LogP contribution in [0.4, 0.5) is 11.9 Å². The molecular formula is C84H92N14O14P2Si2. The molecule has 4 bridgehead atoms. The number of ether oxygens (including phenoxy) is 8. The molecular weight excluding hydrogens is 1550 g/mol. The Hall–Kier alpha value is -9.57. The van der Waals surface area contributed by atoms with Crippen molar-refractivity contribution in [3.05, 3.63) is 195 Å². The molecule has 28 nitrogen and oxygen atoms in total. The molecule has 8 fully saturated rings. The van der Waals surface area contributed by atoms with Gasteiger partial charge in [0, 0.05) is 25.2 Å². The summed E-state index contributed by atoms with van der Waals surface area (Å²) in [5, 5.41) is 29.4. The van der Waals surface area contributed by atoms with E-state index in [1.54, 1.807) is 46.1 Å². The zero-order valence-corrected chi connectivity index (χ0v) is 68.7. The Morgan fingerprint density at radius 1 is 0.517 bits per heavy atom. The van der Waals surface area contributed by atoms with E-state index in [4.69, 9.17) is 66.0 Å². The zero-order valence-electron chi connectivity index (χ0n) is 65.0. The number of anilines is 2. The standard InChI is InChI=1S/2C42H46N7O7PSi/c2*1-3-42-27-53-36(37(42)56-57-49-23-13-21-32(49)33(55-57)26-58(2,30-17-9-5-10-18-30)31-19-11-6-12-20-31)40(54-42)48-28-44-35-38(48)46-41(47-39(35)51-24-14-22-43)45-34(50)25-52-29-15-7-4-8-16-29/h2*4-12,15-20,28,32-33,36-37,40H,3,13-14,21,23-27H2,1-2H3,(H,45,46,47,50)/t32-,33+,36+,37?,40-,42+,57+;32-,33+,36-,37?,40+,42-,57+/m10/s1. The van der Waals surface area contributed by atoms with Crippen molar-refractivity contribution in [1.29, 1.82) is 10.5 Å². The number of hydrogen-bond donors (Lipinski definition) is 2. The van der Waals surface area contributed by atoms with Crippen LogP contribution in [0.5, 0.6) is 23.3 Å². The normalized spacial score (nSPS) is 26.4. The number of hydrogen-bond acceptors (Lipinski definition) is 24. The average Bonchev–Trinajstić information content (AvgIpc) is 1.56. The Bertz CT molecular complexity index is 4780. The van der Waals surface area contributed by atoms with E-state index in [2.05, 4.69) is 200 Å². The zero-order chi connectivity index (χ0) is 79.4. The van der Waals surface area contributed by atoms with Crippen LogP contribution in [0, 0.1) is 22.7 Å². The third-order valence-electron chi connectivity index (χ3n) is 23.6. The molecule has 4 aromatic heterocycles. The lowest BCUT2D eigenvalue weighted by molar-refractivity contribution is -0.172. The van der Waals surface area contributed by atoms with Crippen molar-refractivity contribution in [2.24, 2.45) is 0 Å². The summed E-state index contributed by atoms with van der Waals surface area (Å²) in [5.41, 5.74) is 0.0183. The molecule has 10 aromatic rings. The molecule has 18 rings (SSSR count). The van der Waals surface area contributed by atoms with Crippen LogP contribution in [0.2, 0.25) is 25.2 Å². The lowest BCUT2D eigenvalue weighted by atomic mass is 9.96. The van der Waals surface area contributed by atoms with E-state index in [0.717, 1.165) is 50.9 Å². The van der Waals surface area contributed by atoms with Gasteiger partial charge in [-0.3, -0.25) is 29.4 Å². The Kier molecular flexibility index (Phi) is 23.5. The third-order valence-corrected chi connectivity index (χ3v) is 36.1. The van der Waals surface area contributed by atoms with Crippen molar-refractivity contribution >= 4 is 100.0 Å². The molecule has 0 radical (unpaired) electrons. The van der Waals surface area contributed by atoms with E-state index in [0.29, 0.717) is 59.9 Å². The van der Waals surface area contributed by atoms with E-state index in [1.165, 1.54) is 20.7 Å². The smallest absolute Gasteiger partial charge is 0.264 e. The summed E-state index contributed by atoms with van der Waals surface area (Å²) >= 11 is 0. The summed E-state index contributed by atoms with van der Waals surface area (Å²) in [6, 6.07) is 68.4. The molecule has 2 amide bonds. The van der Waals surface area contributed by atoms with Gasteiger partial charge in [-0.1, -0.05) is 205 Å². The number of carbonyl (C=O) groups is 2. The van der Waals surface area contributed by atoms with E-state index in [9.17, 15) is 20.1 Å². The minimum Gasteiger partial charge on any atom is -0.484 e. The number of nitrogens with one attached hydrogen (secondary N) is 2. The molecule has 0 aliphatic carbocycles. The number of amides is 2. The molecule has 116 heavy (non-hydrogen) atoms. The van der Waals surface area contributed by atoms with Crippen LogP contribution >= 0.6 is 17.1 Å². The highest BCUT2D eigenvalue weighted by Crippen LogP contribution is 2.64. The van der Waals surface area contributed by atoms with Gasteiger partial charge in [0.2, 0.25) is 23.7 Å². The lowest BCUT2D eigenvalue weighted by Crippen LogP contribution is -2.58. The molecule has 14 atom stereocenters. The van der Waals surface area contributed by atoms with E-state index >= 15 is 0 Å². The van der Waals surface area contributed by atoms with Crippen LogP contribution in [0.25, 0.3) is 22.3 Å². The molecule has 2 unspecified atom stereocenters. The number of rotatable bonds is 30. The second-order valence-electron chi connectivity index (χ2n) is 30.7. The summed E-state index contributed by atoms with van der Waals surface area (Å²) in [7, 11) is -7.18. The highest BCUT2D eigenvalue weighted by molar-refractivity contribution is 7.45. The monoisotopic (exact) mass is 1640 g/mol. The number of aromatic nitrogens is 8. The predicted octanol–water partition coefficient (Wildman–Crippen LogP) is 11.2. The largest absolute Gasteiger partial charge is 0.484 e. The molecule has 6 aromatic carbocycles. The lowest BCUT2D eigenvalue weighted by Gasteiger charge is -2.32. The van der Waals surface area contributed by atoms with Crippen LogP contribution in [-0.4, -0.2) is 189 Å². The predicted molar refractivity (Wildman–Crippen MR) is 439 cm³/mol. The minimum atomic E-state index is -2.19. The van der Waals surface area contributed by atoms with E-state index in [-0.39, 0.29) is 87.2 Å². The summed E-state index contributed by atoms with van der Waals surface area (Å²) in [6.07, 6.45) is 6.11. The molecule has 600 valence electrons. The first-order chi connectivity index (χ1) is 56.8. The first-order valence-electron chi connectivity index (χ1n) is 39.8. The van der Waals surface area contributed by atoms with E-state index in [1.807, 2.05) is 36.4 Å². The maximum Gasteiger partial charge on any atom is 0.264 e. The number of nitriles is 2. The van der Waals surface area contributed by atoms with Crippen molar-refractivity contribution in [2.45, 2.75) is 163 Å². The SMILES string of the molecule is CC[C@]12CO[C@@H](C1O[P@@]1O[C@H](C[Si](C)(c3ccccc3)c3ccccc3)[C@@H]3CCCN31)[C@H](n1cnc3c(OCCC#N)nc(NC(=O)COc4ccccc4)nc31)O2.CC[C@]12CO[C@@H](C1O[P@]1O[C@@H](C[Si](C)(c3ccccc3)c3ccccc3)[C@H]3CCCN31)[C@H](n1cnc3c(OCCC#N)nc(NC(=O)COc4ccccc4)nc31)O2. The highest BCUT2D eigenvalue weighted by atomic mass is 31.2. The summed E-state index contributed by atoms with van der Waals surface area (Å²) in [5.74, 6) is 0.476. The van der Waals surface area contributed by atoms with E-state index < -0.39 is 93.1 Å². The van der Waals surface area contributed by atoms with Crippen LogP contribution < -0.4 is 50.3 Å². The number of fused-ring (bicyclic) bond motifs is 8. The maximum absolute atomic E-state index is 13.0. The van der Waals surface area contributed by atoms with Crippen LogP contribution in [0.3, 0.4) is 0 Å². The van der Waals surface area contributed by atoms with Gasteiger partial charge in [-0.25, -0.2) is 19.3 Å². The summed E-state index contributed by atoms with van der Waals surface area (Å²) < 4.78 is 86.8. The van der Waals surface area contributed by atoms with Crippen molar-refractivity contribution in [3.63, 3.8) is 0 Å². The van der Waals surface area contributed by atoms with Crippen LogP contribution in [0.15, 0.2) is 195 Å². The Morgan fingerprint density at radius 2 is 0.879 bits per heavy atom. The molecule has 32 heteroatoms. The summed E-state index contributed by atoms with van der Waals surface area (Å²) in [6.45, 7) is 11.4. The average molecular weight is 1640 g/mol.